The van der Waals surface area contributed by atoms with Crippen molar-refractivity contribution in [1.29, 1.82) is 0 Å². The first kappa shape index (κ1) is 19.5. The van der Waals surface area contributed by atoms with Gasteiger partial charge in [-0.25, -0.2) is 9.78 Å². The monoisotopic (exact) mass is 386 g/mol. The summed E-state index contributed by atoms with van der Waals surface area (Å²) in [6.07, 6.45) is 2.99. The van der Waals surface area contributed by atoms with Gasteiger partial charge in [0.25, 0.3) is 5.56 Å². The zero-order valence-electron chi connectivity index (χ0n) is 16.1. The molecular formula is C20H26N4O2S. The van der Waals surface area contributed by atoms with Crippen LogP contribution < -0.4 is 11.2 Å². The van der Waals surface area contributed by atoms with Crippen LogP contribution in [0.15, 0.2) is 45.1 Å². The second-order valence-corrected chi connectivity index (χ2v) is 8.22. The number of benzene rings is 1. The fraction of sp³-hybridized carbons (Fsp3) is 0.450. The number of thioether (sulfide) groups is 1. The first-order valence-electron chi connectivity index (χ1n) is 9.33. The van der Waals surface area contributed by atoms with E-state index < -0.39 is 5.69 Å². The van der Waals surface area contributed by atoms with E-state index in [1.807, 2.05) is 10.6 Å². The highest BCUT2D eigenvalue weighted by Crippen LogP contribution is 2.23. The number of hydrogen-bond donors (Lipinski definition) is 1. The minimum atomic E-state index is -0.429. The average Bonchev–Trinajstić information content (AvgIpc) is 3.01. The van der Waals surface area contributed by atoms with Crippen molar-refractivity contribution in [2.75, 3.05) is 5.75 Å². The summed E-state index contributed by atoms with van der Waals surface area (Å²) in [4.78, 5) is 31.3. The van der Waals surface area contributed by atoms with Crippen molar-refractivity contribution in [1.82, 2.24) is 19.1 Å². The van der Waals surface area contributed by atoms with Gasteiger partial charge in [0.05, 0.1) is 0 Å². The zero-order valence-corrected chi connectivity index (χ0v) is 16.9. The van der Waals surface area contributed by atoms with E-state index in [0.717, 1.165) is 36.7 Å². The Morgan fingerprint density at radius 3 is 2.63 bits per heavy atom. The first-order valence-corrected chi connectivity index (χ1v) is 10.3. The highest BCUT2D eigenvalue weighted by atomic mass is 32.2. The lowest BCUT2D eigenvalue weighted by Crippen LogP contribution is -2.29. The van der Waals surface area contributed by atoms with E-state index in [2.05, 4.69) is 48.1 Å². The normalized spacial score (nSPS) is 11.6. The minimum absolute atomic E-state index is 0.361. The Balaban J connectivity index is 1.83. The number of fused-ring (bicyclic) bond motifs is 1. The summed E-state index contributed by atoms with van der Waals surface area (Å²) in [5, 5.41) is 0.811. The summed E-state index contributed by atoms with van der Waals surface area (Å²) < 4.78 is 3.39. The van der Waals surface area contributed by atoms with Gasteiger partial charge >= 0.3 is 5.69 Å². The number of aromatic nitrogens is 4. The SMILES string of the molecule is CC(C)CCn1c(SCCCc2ccccc2)nc2c1c(=O)[nH]c(=O)n2C. The van der Waals surface area contributed by atoms with Crippen LogP contribution in [0.5, 0.6) is 0 Å². The van der Waals surface area contributed by atoms with E-state index in [0.29, 0.717) is 17.1 Å². The number of aryl methyl sites for hydroxylation is 3. The van der Waals surface area contributed by atoms with E-state index in [9.17, 15) is 9.59 Å². The van der Waals surface area contributed by atoms with Gasteiger partial charge in [-0.05, 0) is 30.7 Å². The average molecular weight is 387 g/mol. The third-order valence-electron chi connectivity index (χ3n) is 4.59. The molecule has 3 aromatic rings. The molecule has 2 heterocycles. The molecule has 0 spiro atoms. The highest BCUT2D eigenvalue weighted by Gasteiger charge is 2.17. The molecule has 0 saturated carbocycles. The Bertz CT molecular complexity index is 1020. The highest BCUT2D eigenvalue weighted by molar-refractivity contribution is 7.99. The minimum Gasteiger partial charge on any atom is -0.313 e. The fourth-order valence-electron chi connectivity index (χ4n) is 3.00. The van der Waals surface area contributed by atoms with Crippen molar-refractivity contribution in [3.05, 3.63) is 56.7 Å². The Labute approximate surface area is 162 Å². The van der Waals surface area contributed by atoms with Gasteiger partial charge in [-0.2, -0.15) is 0 Å². The summed E-state index contributed by atoms with van der Waals surface area (Å²) in [6, 6.07) is 10.4. The van der Waals surface area contributed by atoms with E-state index in [-0.39, 0.29) is 5.56 Å². The lowest BCUT2D eigenvalue weighted by Gasteiger charge is -2.10. The molecule has 27 heavy (non-hydrogen) atoms. The first-order chi connectivity index (χ1) is 13.0. The number of nitrogens with one attached hydrogen (secondary N) is 1. The summed E-state index contributed by atoms with van der Waals surface area (Å²) >= 11 is 1.65. The molecule has 0 radical (unpaired) electrons. The summed E-state index contributed by atoms with van der Waals surface area (Å²) in [5.74, 6) is 1.43. The molecule has 7 heteroatoms. The smallest absolute Gasteiger partial charge is 0.313 e. The van der Waals surface area contributed by atoms with Crippen LogP contribution in [0.3, 0.4) is 0 Å². The topological polar surface area (TPSA) is 72.7 Å². The van der Waals surface area contributed by atoms with Gasteiger partial charge in [-0.1, -0.05) is 55.9 Å². The van der Waals surface area contributed by atoms with E-state index in [4.69, 9.17) is 0 Å². The predicted octanol–water partition coefficient (Wildman–Crippen LogP) is 3.19. The van der Waals surface area contributed by atoms with Crippen LogP contribution in [0.4, 0.5) is 0 Å². The molecular weight excluding hydrogens is 360 g/mol. The van der Waals surface area contributed by atoms with Gasteiger partial charge in [0.1, 0.15) is 0 Å². The van der Waals surface area contributed by atoms with Crippen molar-refractivity contribution in [2.45, 2.75) is 44.8 Å². The summed E-state index contributed by atoms with van der Waals surface area (Å²) in [7, 11) is 1.64. The number of aromatic amines is 1. The van der Waals surface area contributed by atoms with Crippen molar-refractivity contribution >= 4 is 22.9 Å². The maximum Gasteiger partial charge on any atom is 0.329 e. The van der Waals surface area contributed by atoms with Crippen LogP contribution in [-0.4, -0.2) is 24.9 Å². The van der Waals surface area contributed by atoms with E-state index in [1.54, 1.807) is 18.8 Å². The van der Waals surface area contributed by atoms with Gasteiger partial charge in [0.2, 0.25) is 0 Å². The van der Waals surface area contributed by atoms with Crippen molar-refractivity contribution in [3.63, 3.8) is 0 Å². The molecule has 0 aliphatic carbocycles. The maximum absolute atomic E-state index is 12.4. The molecule has 0 aliphatic heterocycles. The fourth-order valence-corrected chi connectivity index (χ4v) is 3.96. The van der Waals surface area contributed by atoms with E-state index >= 15 is 0 Å². The molecule has 3 rings (SSSR count). The Hall–Kier alpha value is -2.28. The zero-order chi connectivity index (χ0) is 19.4. The van der Waals surface area contributed by atoms with Crippen molar-refractivity contribution < 1.29 is 0 Å². The molecule has 0 atom stereocenters. The van der Waals surface area contributed by atoms with Gasteiger partial charge in [-0.3, -0.25) is 14.3 Å². The van der Waals surface area contributed by atoms with Gasteiger partial charge in [0, 0.05) is 19.3 Å². The number of imidazole rings is 1. The maximum atomic E-state index is 12.4. The molecule has 0 amide bonds. The number of H-pyrrole nitrogens is 1. The van der Waals surface area contributed by atoms with Crippen molar-refractivity contribution in [2.24, 2.45) is 13.0 Å². The van der Waals surface area contributed by atoms with Crippen LogP contribution in [0, 0.1) is 5.92 Å². The Morgan fingerprint density at radius 1 is 1.19 bits per heavy atom. The lowest BCUT2D eigenvalue weighted by atomic mass is 10.1. The quantitative estimate of drug-likeness (QED) is 0.477. The Morgan fingerprint density at radius 2 is 1.93 bits per heavy atom. The van der Waals surface area contributed by atoms with Crippen LogP contribution in [-0.2, 0) is 20.0 Å². The summed E-state index contributed by atoms with van der Waals surface area (Å²) in [5.41, 5.74) is 1.48. The third kappa shape index (κ3) is 4.53. The third-order valence-corrected chi connectivity index (χ3v) is 5.65. The van der Waals surface area contributed by atoms with Crippen LogP contribution in [0.25, 0.3) is 11.2 Å². The second-order valence-electron chi connectivity index (χ2n) is 7.16. The predicted molar refractivity (Wildman–Crippen MR) is 111 cm³/mol. The molecule has 6 nitrogen and oxygen atoms in total. The lowest BCUT2D eigenvalue weighted by molar-refractivity contribution is 0.503. The molecule has 0 unspecified atom stereocenters. The van der Waals surface area contributed by atoms with Crippen LogP contribution in [0.2, 0.25) is 0 Å². The molecule has 2 aromatic heterocycles. The second kappa shape index (κ2) is 8.61. The number of nitrogens with zero attached hydrogens (tertiary/aromatic N) is 3. The summed E-state index contributed by atoms with van der Waals surface area (Å²) in [6.45, 7) is 5.04. The molecule has 0 fully saturated rings. The molecule has 1 aromatic carbocycles. The standard InChI is InChI=1S/C20H26N4O2S/c1-14(2)11-12-24-16-17(23(3)19(26)22-18(16)25)21-20(24)27-13-7-10-15-8-5-4-6-9-15/h4-6,8-9,14H,7,10-13H2,1-3H3,(H,22,25,26). The Kier molecular flexibility index (Phi) is 6.21. The molecule has 144 valence electrons. The molecule has 0 aliphatic rings. The van der Waals surface area contributed by atoms with Gasteiger partial charge < -0.3 is 4.57 Å². The van der Waals surface area contributed by atoms with E-state index in [1.165, 1.54) is 10.1 Å². The van der Waals surface area contributed by atoms with Crippen molar-refractivity contribution in [3.8, 4) is 0 Å². The van der Waals surface area contributed by atoms with Crippen LogP contribution in [0.1, 0.15) is 32.3 Å². The molecule has 0 bridgehead atoms. The molecule has 0 saturated heterocycles. The largest absolute Gasteiger partial charge is 0.329 e. The molecule has 1 N–H and O–H groups in total. The van der Waals surface area contributed by atoms with Gasteiger partial charge in [0.15, 0.2) is 16.3 Å². The number of hydrogen-bond acceptors (Lipinski definition) is 4. The van der Waals surface area contributed by atoms with Crippen LogP contribution >= 0.6 is 11.8 Å². The van der Waals surface area contributed by atoms with Gasteiger partial charge in [-0.15, -0.1) is 0 Å². The number of rotatable bonds is 8.